The fourth-order valence-corrected chi connectivity index (χ4v) is 10.9. The third-order valence-electron chi connectivity index (χ3n) is 14.2. The van der Waals surface area contributed by atoms with Gasteiger partial charge in [0.1, 0.15) is 11.2 Å². The van der Waals surface area contributed by atoms with E-state index in [0.717, 1.165) is 110 Å². The van der Waals surface area contributed by atoms with Crippen LogP contribution in [0.4, 0.5) is 0 Å². The summed E-state index contributed by atoms with van der Waals surface area (Å²) in [6, 6.07) is 83.5. The molecule has 5 heterocycles. The monoisotopic (exact) mass is 960 g/mol. The van der Waals surface area contributed by atoms with Gasteiger partial charge in [-0.3, -0.25) is 9.13 Å². The van der Waals surface area contributed by atoms with Crippen LogP contribution in [0.2, 0.25) is 0 Å². The zero-order valence-corrected chi connectivity index (χ0v) is 40.1. The highest BCUT2D eigenvalue weighted by Crippen LogP contribution is 2.46. The third-order valence-corrected chi connectivity index (χ3v) is 14.2. The Morgan fingerprint density at radius 2 is 0.653 bits per heavy atom. The zero-order valence-electron chi connectivity index (χ0n) is 40.1. The Bertz CT molecular complexity index is 4590. The Labute approximate surface area is 429 Å². The van der Waals surface area contributed by atoms with E-state index in [-0.39, 0.29) is 0 Å². The lowest BCUT2D eigenvalue weighted by atomic mass is 9.92. The fraction of sp³-hybridized carbons (Fsp3) is 0. The normalized spacial score (nSPS) is 11.7. The summed E-state index contributed by atoms with van der Waals surface area (Å²) in [5, 5.41) is 6.35. The summed E-state index contributed by atoms with van der Waals surface area (Å²) in [4.78, 5) is 31.0. The van der Waals surface area contributed by atoms with Crippen LogP contribution in [0.15, 0.2) is 247 Å². The zero-order chi connectivity index (χ0) is 49.4. The Kier molecular flexibility index (Phi) is 9.67. The predicted molar refractivity (Wildman–Crippen MR) is 302 cm³/mol. The van der Waals surface area contributed by atoms with Crippen molar-refractivity contribution >= 4 is 65.6 Å². The van der Waals surface area contributed by atoms with Crippen LogP contribution in [0.3, 0.4) is 0 Å². The van der Waals surface area contributed by atoms with Crippen molar-refractivity contribution in [3.8, 4) is 79.7 Å². The van der Waals surface area contributed by atoms with E-state index in [1.165, 1.54) is 0 Å². The van der Waals surface area contributed by atoms with Crippen LogP contribution in [0.5, 0.6) is 0 Å². The average Bonchev–Trinajstić information content (AvgIpc) is 4.17. The van der Waals surface area contributed by atoms with Crippen molar-refractivity contribution in [3.05, 3.63) is 243 Å². The molecule has 0 atom stereocenters. The SMILES string of the molecule is c1ccc(-c2nc(-c3ccccc3)nc(-n3c4ccccc4c4c(-c5cc(-c6cccc7c6c6ccccc6n7-c6nc(-c7ccccc7)nc(-c7ccccc7)n6)c6oc7ccccc7c6c5)cccc43)n2)cc1. The molecule has 0 aliphatic heterocycles. The molecule has 0 bridgehead atoms. The van der Waals surface area contributed by atoms with E-state index in [1.54, 1.807) is 0 Å². The van der Waals surface area contributed by atoms with Crippen LogP contribution in [0.1, 0.15) is 0 Å². The Hall–Kier alpha value is -10.4. The summed E-state index contributed by atoms with van der Waals surface area (Å²) >= 11 is 0. The molecule has 10 aromatic carbocycles. The molecule has 0 unspecified atom stereocenters. The van der Waals surface area contributed by atoms with Crippen LogP contribution in [0, 0.1) is 0 Å². The number of hydrogen-bond donors (Lipinski definition) is 0. The van der Waals surface area contributed by atoms with Gasteiger partial charge >= 0.3 is 0 Å². The minimum atomic E-state index is 0.529. The van der Waals surface area contributed by atoms with Crippen molar-refractivity contribution in [2.45, 2.75) is 0 Å². The molecule has 0 radical (unpaired) electrons. The number of benzene rings is 10. The van der Waals surface area contributed by atoms with Crippen molar-refractivity contribution in [1.29, 1.82) is 0 Å². The van der Waals surface area contributed by atoms with E-state index in [9.17, 15) is 0 Å². The molecule has 0 spiro atoms. The number of rotatable bonds is 8. The average molecular weight is 961 g/mol. The molecule has 0 saturated carbocycles. The number of aromatic nitrogens is 8. The van der Waals surface area contributed by atoms with Gasteiger partial charge in [-0.1, -0.05) is 200 Å². The molecule has 15 rings (SSSR count). The van der Waals surface area contributed by atoms with E-state index in [4.69, 9.17) is 34.3 Å². The molecular formula is C66H40N8O. The minimum absolute atomic E-state index is 0.529. The summed E-state index contributed by atoms with van der Waals surface area (Å²) in [5.74, 6) is 3.46. The molecule has 0 aliphatic carbocycles. The Morgan fingerprint density at radius 3 is 1.13 bits per heavy atom. The quantitative estimate of drug-likeness (QED) is 0.149. The van der Waals surface area contributed by atoms with E-state index < -0.39 is 0 Å². The molecule has 15 aromatic rings. The van der Waals surface area contributed by atoms with Crippen molar-refractivity contribution in [1.82, 2.24) is 39.0 Å². The first-order chi connectivity index (χ1) is 37.2. The molecule has 9 nitrogen and oxygen atoms in total. The second-order valence-electron chi connectivity index (χ2n) is 18.6. The van der Waals surface area contributed by atoms with Gasteiger partial charge < -0.3 is 4.42 Å². The number of hydrogen-bond acceptors (Lipinski definition) is 7. The van der Waals surface area contributed by atoms with Gasteiger partial charge in [-0.2, -0.15) is 19.9 Å². The largest absolute Gasteiger partial charge is 0.455 e. The molecule has 350 valence electrons. The topological polar surface area (TPSA) is 100 Å². The molecule has 0 aliphatic rings. The first-order valence-electron chi connectivity index (χ1n) is 25.0. The van der Waals surface area contributed by atoms with E-state index in [1.807, 2.05) is 127 Å². The van der Waals surface area contributed by atoms with Gasteiger partial charge in [-0.25, -0.2) is 9.97 Å². The molecule has 75 heavy (non-hydrogen) atoms. The number of fused-ring (bicyclic) bond motifs is 9. The summed E-state index contributed by atoms with van der Waals surface area (Å²) in [7, 11) is 0. The number of nitrogens with zero attached hydrogens (tertiary/aromatic N) is 8. The fourth-order valence-electron chi connectivity index (χ4n) is 10.9. The first-order valence-corrected chi connectivity index (χ1v) is 25.0. The van der Waals surface area contributed by atoms with Crippen LogP contribution in [-0.4, -0.2) is 39.0 Å². The summed E-state index contributed by atoms with van der Waals surface area (Å²) in [5.41, 5.74) is 13.3. The summed E-state index contributed by atoms with van der Waals surface area (Å²) < 4.78 is 11.3. The first kappa shape index (κ1) is 42.3. The minimum Gasteiger partial charge on any atom is -0.455 e. The molecule has 0 amide bonds. The number of para-hydroxylation sites is 3. The second-order valence-corrected chi connectivity index (χ2v) is 18.6. The molecule has 5 aromatic heterocycles. The third kappa shape index (κ3) is 6.94. The molecule has 9 heteroatoms. The van der Waals surface area contributed by atoms with Crippen LogP contribution >= 0.6 is 0 Å². The lowest BCUT2D eigenvalue weighted by molar-refractivity contribution is 0.670. The van der Waals surface area contributed by atoms with Crippen LogP contribution in [-0.2, 0) is 0 Å². The highest BCUT2D eigenvalue weighted by atomic mass is 16.3. The van der Waals surface area contributed by atoms with Gasteiger partial charge in [0.15, 0.2) is 23.3 Å². The Morgan fingerprint density at radius 1 is 0.267 bits per heavy atom. The maximum atomic E-state index is 6.96. The Balaban J connectivity index is 0.984. The van der Waals surface area contributed by atoms with E-state index in [2.05, 4.69) is 124 Å². The lowest BCUT2D eigenvalue weighted by Gasteiger charge is -2.13. The second kappa shape index (κ2) is 17.1. The number of furan rings is 1. The van der Waals surface area contributed by atoms with Gasteiger partial charge in [0, 0.05) is 60.1 Å². The molecule has 0 saturated heterocycles. The highest BCUT2D eigenvalue weighted by Gasteiger charge is 2.25. The standard InChI is InChI=1S/C66H40N8O/c1-5-21-41(22-6-1)61-67-62(42-23-7-2-8-24-42)70-65(69-61)73-53-34-16-13-30-49(53)58-46(32-19-36-55(58)73)45-39-51-47-29-15-18-38-57(47)75-60(51)52(40-45)48-33-20-37-56-59(48)50-31-14-17-35-54(50)74(56)66-71-63(43-25-9-3-10-26-43)68-64(72-66)44-27-11-4-12-28-44/h1-40H. The van der Waals surface area contributed by atoms with Crippen molar-refractivity contribution in [2.24, 2.45) is 0 Å². The van der Waals surface area contributed by atoms with E-state index in [0.29, 0.717) is 35.2 Å². The van der Waals surface area contributed by atoms with Crippen LogP contribution < -0.4 is 0 Å². The highest BCUT2D eigenvalue weighted by molar-refractivity contribution is 6.21. The predicted octanol–water partition coefficient (Wildman–Crippen LogP) is 16.2. The maximum absolute atomic E-state index is 6.96. The van der Waals surface area contributed by atoms with Gasteiger partial charge in [-0.05, 0) is 59.2 Å². The van der Waals surface area contributed by atoms with Crippen molar-refractivity contribution in [3.63, 3.8) is 0 Å². The molecular weight excluding hydrogens is 921 g/mol. The maximum Gasteiger partial charge on any atom is 0.238 e. The lowest BCUT2D eigenvalue weighted by Crippen LogP contribution is -2.06. The summed E-state index contributed by atoms with van der Waals surface area (Å²) in [6.07, 6.45) is 0. The van der Waals surface area contributed by atoms with Crippen LogP contribution in [0.25, 0.3) is 145 Å². The van der Waals surface area contributed by atoms with Gasteiger partial charge in [0.2, 0.25) is 11.9 Å². The summed E-state index contributed by atoms with van der Waals surface area (Å²) in [6.45, 7) is 0. The van der Waals surface area contributed by atoms with E-state index >= 15 is 0 Å². The van der Waals surface area contributed by atoms with Gasteiger partial charge in [-0.15, -0.1) is 0 Å². The van der Waals surface area contributed by atoms with Gasteiger partial charge in [0.05, 0.1) is 22.1 Å². The van der Waals surface area contributed by atoms with Crippen molar-refractivity contribution in [2.75, 3.05) is 0 Å². The molecule has 0 N–H and O–H groups in total. The smallest absolute Gasteiger partial charge is 0.238 e. The van der Waals surface area contributed by atoms with Crippen molar-refractivity contribution < 1.29 is 4.42 Å². The molecule has 0 fully saturated rings. The van der Waals surface area contributed by atoms with Gasteiger partial charge in [0.25, 0.3) is 0 Å².